The molecule has 0 aliphatic rings. The van der Waals surface area contributed by atoms with Gasteiger partial charge in [0.05, 0.1) is 0 Å². The molecule has 0 heterocycles. The molecule has 3 aromatic carbocycles. The summed E-state index contributed by atoms with van der Waals surface area (Å²) in [6, 6.07) is 19.2. The second kappa shape index (κ2) is 8.28. The maximum Gasteiger partial charge on any atom is 0.230 e. The lowest BCUT2D eigenvalue weighted by Gasteiger charge is -2.22. The molecule has 0 unspecified atom stereocenters. The lowest BCUT2D eigenvalue weighted by molar-refractivity contribution is 0.0902. The van der Waals surface area contributed by atoms with Gasteiger partial charge in [0.1, 0.15) is 6.61 Å². The standard InChI is InChI=1S/C24H23O4P/c1-16-14-17(2)23(18(3)22(16)21(26)15-25)24(27)29(28,19-10-6-4-7-11-19)20-12-8-5-9-13-20/h4-14,25H,15H2,1-3H3. The molecule has 3 rings (SSSR count). The zero-order chi connectivity index (χ0) is 21.2. The Morgan fingerprint density at radius 3 is 1.69 bits per heavy atom. The van der Waals surface area contributed by atoms with E-state index in [0.29, 0.717) is 32.9 Å². The van der Waals surface area contributed by atoms with E-state index in [-0.39, 0.29) is 5.56 Å². The Bertz CT molecular complexity index is 1080. The van der Waals surface area contributed by atoms with Crippen LogP contribution in [0.15, 0.2) is 66.7 Å². The summed E-state index contributed by atoms with van der Waals surface area (Å²) in [4.78, 5) is 26.1. The van der Waals surface area contributed by atoms with Gasteiger partial charge in [-0.25, -0.2) is 0 Å². The molecule has 3 aromatic rings. The molecule has 0 aliphatic carbocycles. The fraction of sp³-hybridized carbons (Fsp3) is 0.167. The molecule has 0 fully saturated rings. The Morgan fingerprint density at radius 2 is 1.24 bits per heavy atom. The van der Waals surface area contributed by atoms with Crippen LogP contribution in [0.3, 0.4) is 0 Å². The lowest BCUT2D eigenvalue weighted by atomic mass is 9.92. The van der Waals surface area contributed by atoms with E-state index < -0.39 is 25.1 Å². The van der Waals surface area contributed by atoms with Gasteiger partial charge in [0, 0.05) is 21.7 Å². The van der Waals surface area contributed by atoms with E-state index in [0.717, 1.165) is 0 Å². The topological polar surface area (TPSA) is 71.4 Å². The molecule has 0 bridgehead atoms. The van der Waals surface area contributed by atoms with Crippen LogP contribution >= 0.6 is 7.14 Å². The summed E-state index contributed by atoms with van der Waals surface area (Å²) in [5.41, 5.74) is 1.89. The minimum Gasteiger partial charge on any atom is -0.388 e. The third-order valence-electron chi connectivity index (χ3n) is 5.13. The molecule has 5 heteroatoms. The predicted molar refractivity (Wildman–Crippen MR) is 116 cm³/mol. The van der Waals surface area contributed by atoms with Crippen molar-refractivity contribution in [3.8, 4) is 0 Å². The number of ketones is 1. The highest BCUT2D eigenvalue weighted by molar-refractivity contribution is 7.93. The minimum absolute atomic E-state index is 0.281. The van der Waals surface area contributed by atoms with Crippen LogP contribution in [0.4, 0.5) is 0 Å². The molecule has 29 heavy (non-hydrogen) atoms. The average Bonchev–Trinajstić information content (AvgIpc) is 2.73. The van der Waals surface area contributed by atoms with E-state index in [9.17, 15) is 19.3 Å². The smallest absolute Gasteiger partial charge is 0.230 e. The predicted octanol–water partition coefficient (Wildman–Crippen LogP) is 3.94. The Morgan fingerprint density at radius 1 is 0.793 bits per heavy atom. The maximum absolute atomic E-state index is 14.4. The Labute approximate surface area is 170 Å². The second-order valence-electron chi connectivity index (χ2n) is 7.05. The van der Waals surface area contributed by atoms with E-state index in [1.165, 1.54) is 0 Å². The summed E-state index contributed by atoms with van der Waals surface area (Å²) < 4.78 is 14.4. The van der Waals surface area contributed by atoms with Crippen LogP contribution in [0.2, 0.25) is 0 Å². The number of carbonyl (C=O) groups is 2. The summed E-state index contributed by atoms with van der Waals surface area (Å²) >= 11 is 0. The van der Waals surface area contributed by atoms with Gasteiger partial charge in [0.25, 0.3) is 0 Å². The molecule has 0 radical (unpaired) electrons. The molecule has 0 aliphatic heterocycles. The number of Topliss-reactive ketones (excluding diaryl/α,β-unsaturated/α-hetero) is 1. The fourth-order valence-electron chi connectivity index (χ4n) is 3.84. The van der Waals surface area contributed by atoms with Gasteiger partial charge in [-0.05, 0) is 37.5 Å². The molecule has 0 saturated carbocycles. The molecule has 0 spiro atoms. The Hall–Kier alpha value is -2.81. The summed E-state index contributed by atoms with van der Waals surface area (Å²) in [6.45, 7) is 4.58. The largest absolute Gasteiger partial charge is 0.388 e. The van der Waals surface area contributed by atoms with Crippen molar-refractivity contribution in [1.82, 2.24) is 0 Å². The zero-order valence-corrected chi connectivity index (χ0v) is 17.6. The van der Waals surface area contributed by atoms with Crippen LogP contribution in [0, 0.1) is 20.8 Å². The zero-order valence-electron chi connectivity index (χ0n) is 16.7. The van der Waals surface area contributed by atoms with Gasteiger partial charge in [-0.3, -0.25) is 9.59 Å². The van der Waals surface area contributed by atoms with Gasteiger partial charge in [0.15, 0.2) is 5.78 Å². The van der Waals surface area contributed by atoms with Crippen molar-refractivity contribution < 1.29 is 19.3 Å². The minimum atomic E-state index is -3.68. The van der Waals surface area contributed by atoms with Crippen molar-refractivity contribution in [3.63, 3.8) is 0 Å². The molecule has 0 saturated heterocycles. The third kappa shape index (κ3) is 3.62. The molecule has 0 aromatic heterocycles. The van der Waals surface area contributed by atoms with E-state index in [1.807, 2.05) is 12.1 Å². The monoisotopic (exact) mass is 406 g/mol. The van der Waals surface area contributed by atoms with Crippen molar-refractivity contribution in [2.45, 2.75) is 20.8 Å². The molecule has 4 nitrogen and oxygen atoms in total. The Kier molecular flexibility index (Phi) is 5.97. The first kappa shape index (κ1) is 20.9. The third-order valence-corrected chi connectivity index (χ3v) is 7.98. The van der Waals surface area contributed by atoms with Gasteiger partial charge >= 0.3 is 0 Å². The number of rotatable bonds is 6. The van der Waals surface area contributed by atoms with Crippen molar-refractivity contribution in [2.75, 3.05) is 6.61 Å². The van der Waals surface area contributed by atoms with E-state index >= 15 is 0 Å². The summed E-state index contributed by atoms with van der Waals surface area (Å²) in [5.74, 6) is -0.455. The maximum atomic E-state index is 14.4. The van der Waals surface area contributed by atoms with Crippen LogP contribution in [0.1, 0.15) is 37.4 Å². The summed E-state index contributed by atoms with van der Waals surface area (Å²) in [6.07, 6.45) is 0. The van der Waals surface area contributed by atoms with Crippen LogP contribution in [0.5, 0.6) is 0 Å². The molecule has 148 valence electrons. The van der Waals surface area contributed by atoms with Gasteiger partial charge in [-0.2, -0.15) is 0 Å². The van der Waals surface area contributed by atoms with Gasteiger partial charge in [-0.15, -0.1) is 0 Å². The van der Waals surface area contributed by atoms with Crippen molar-refractivity contribution in [2.24, 2.45) is 0 Å². The molecule has 1 N–H and O–H groups in total. The first-order valence-electron chi connectivity index (χ1n) is 9.33. The van der Waals surface area contributed by atoms with Crippen molar-refractivity contribution in [3.05, 3.63) is 94.5 Å². The normalized spacial score (nSPS) is 11.3. The highest BCUT2D eigenvalue weighted by Crippen LogP contribution is 2.48. The number of aliphatic hydroxyl groups is 1. The van der Waals surface area contributed by atoms with Gasteiger partial charge < -0.3 is 9.67 Å². The Balaban J connectivity index is 2.32. The quantitative estimate of drug-likeness (QED) is 0.497. The molecule has 0 atom stereocenters. The van der Waals surface area contributed by atoms with Gasteiger partial charge in [-0.1, -0.05) is 66.7 Å². The second-order valence-corrected chi connectivity index (χ2v) is 9.71. The number of carbonyl (C=O) groups excluding carboxylic acids is 2. The van der Waals surface area contributed by atoms with Crippen molar-refractivity contribution >= 4 is 29.1 Å². The number of aliphatic hydroxyl groups excluding tert-OH is 1. The number of benzene rings is 3. The number of hydrogen-bond donors (Lipinski definition) is 1. The van der Waals surface area contributed by atoms with Gasteiger partial charge in [0.2, 0.25) is 12.7 Å². The van der Waals surface area contributed by atoms with Crippen molar-refractivity contribution in [1.29, 1.82) is 0 Å². The average molecular weight is 406 g/mol. The highest BCUT2D eigenvalue weighted by atomic mass is 31.2. The number of hydrogen-bond acceptors (Lipinski definition) is 4. The van der Waals surface area contributed by atoms with Crippen LogP contribution in [-0.2, 0) is 4.57 Å². The fourth-order valence-corrected chi connectivity index (χ4v) is 6.45. The highest BCUT2D eigenvalue weighted by Gasteiger charge is 2.38. The summed E-state index contributed by atoms with van der Waals surface area (Å²) in [5, 5.41) is 10.3. The summed E-state index contributed by atoms with van der Waals surface area (Å²) in [7, 11) is -3.68. The SMILES string of the molecule is Cc1cc(C)c(C(=O)P(=O)(c2ccccc2)c2ccccc2)c(C)c1C(=O)CO. The molecule has 0 amide bonds. The van der Waals surface area contributed by atoms with Crippen LogP contribution in [-0.4, -0.2) is 23.0 Å². The van der Waals surface area contributed by atoms with Crippen LogP contribution < -0.4 is 10.6 Å². The lowest BCUT2D eigenvalue weighted by Crippen LogP contribution is -2.24. The number of aryl methyl sites for hydroxylation is 2. The van der Waals surface area contributed by atoms with E-state index in [2.05, 4.69) is 0 Å². The van der Waals surface area contributed by atoms with E-state index in [1.54, 1.807) is 75.4 Å². The molecular formula is C24H23O4P. The van der Waals surface area contributed by atoms with E-state index in [4.69, 9.17) is 0 Å². The first-order chi connectivity index (χ1) is 13.8. The van der Waals surface area contributed by atoms with Crippen LogP contribution in [0.25, 0.3) is 0 Å². The molecular weight excluding hydrogens is 383 g/mol. The first-order valence-corrected chi connectivity index (χ1v) is 11.0.